The first-order valence-corrected chi connectivity index (χ1v) is 8.65. The molecule has 138 valence electrons. The van der Waals surface area contributed by atoms with Crippen molar-refractivity contribution in [3.8, 4) is 5.75 Å². The predicted molar refractivity (Wildman–Crippen MR) is 100 cm³/mol. The van der Waals surface area contributed by atoms with E-state index in [2.05, 4.69) is 0 Å². The van der Waals surface area contributed by atoms with Gasteiger partial charge in [0.2, 0.25) is 5.76 Å². The fourth-order valence-electron chi connectivity index (χ4n) is 3.55. The number of rotatable bonds is 5. The third-order valence-electron chi connectivity index (χ3n) is 4.82. The maximum atomic E-state index is 13.2. The average molecular weight is 365 g/mol. The Labute approximate surface area is 155 Å². The average Bonchev–Trinajstić information content (AvgIpc) is 2.99. The van der Waals surface area contributed by atoms with Crippen molar-refractivity contribution in [2.24, 2.45) is 0 Å². The second-order valence-electron chi connectivity index (χ2n) is 6.34. The monoisotopic (exact) mass is 365 g/mol. The zero-order chi connectivity index (χ0) is 19.0. The number of nitrogens with zero attached hydrogens (tertiary/aromatic N) is 1. The van der Waals surface area contributed by atoms with E-state index < -0.39 is 6.04 Å². The Kier molecular flexibility index (Phi) is 4.41. The van der Waals surface area contributed by atoms with Crippen molar-refractivity contribution in [1.82, 2.24) is 4.90 Å². The van der Waals surface area contributed by atoms with Crippen molar-refractivity contribution in [2.75, 3.05) is 27.4 Å². The van der Waals surface area contributed by atoms with E-state index in [1.165, 1.54) is 0 Å². The molecular weight excluding hydrogens is 346 g/mol. The van der Waals surface area contributed by atoms with Crippen LogP contribution in [0.1, 0.15) is 27.7 Å². The summed E-state index contributed by atoms with van der Waals surface area (Å²) in [7, 11) is 3.16. The molecule has 0 spiro atoms. The van der Waals surface area contributed by atoms with Gasteiger partial charge in [-0.3, -0.25) is 9.59 Å². The molecule has 0 fully saturated rings. The minimum Gasteiger partial charge on any atom is -0.497 e. The summed E-state index contributed by atoms with van der Waals surface area (Å²) in [6, 6.07) is 13.8. The van der Waals surface area contributed by atoms with E-state index in [4.69, 9.17) is 13.9 Å². The molecule has 2 heterocycles. The molecule has 3 aromatic rings. The van der Waals surface area contributed by atoms with Crippen LogP contribution in [-0.2, 0) is 4.74 Å². The molecule has 1 atom stereocenters. The minimum absolute atomic E-state index is 0.0997. The van der Waals surface area contributed by atoms with Crippen LogP contribution in [-0.4, -0.2) is 38.2 Å². The lowest BCUT2D eigenvalue weighted by molar-refractivity contribution is 0.0663. The Morgan fingerprint density at radius 3 is 2.67 bits per heavy atom. The third kappa shape index (κ3) is 2.78. The quantitative estimate of drug-likeness (QED) is 0.695. The van der Waals surface area contributed by atoms with Crippen molar-refractivity contribution < 1.29 is 18.7 Å². The van der Waals surface area contributed by atoms with E-state index in [1.54, 1.807) is 43.4 Å². The molecule has 1 aromatic heterocycles. The lowest BCUT2D eigenvalue weighted by atomic mass is 9.98. The lowest BCUT2D eigenvalue weighted by Crippen LogP contribution is -2.32. The molecule has 6 heteroatoms. The fourth-order valence-corrected chi connectivity index (χ4v) is 3.55. The number of hydrogen-bond acceptors (Lipinski definition) is 5. The zero-order valence-corrected chi connectivity index (χ0v) is 15.1. The number of methoxy groups -OCH3 is 2. The highest BCUT2D eigenvalue weighted by Gasteiger charge is 2.42. The minimum atomic E-state index is -0.543. The van der Waals surface area contributed by atoms with Crippen molar-refractivity contribution in [3.05, 3.63) is 75.6 Å². The highest BCUT2D eigenvalue weighted by molar-refractivity contribution is 5.99. The molecule has 27 heavy (non-hydrogen) atoms. The van der Waals surface area contributed by atoms with E-state index in [9.17, 15) is 9.59 Å². The number of ether oxygens (including phenoxy) is 2. The van der Waals surface area contributed by atoms with Crippen LogP contribution >= 0.6 is 0 Å². The standard InChI is InChI=1S/C21H19NO5/c1-25-11-10-22-18(13-6-5-7-14(12-13)26-2)17-19(23)15-8-3-4-9-16(15)27-20(17)21(22)24/h3-9,12,18H,10-11H2,1-2H3/t18-/m1/s1. The summed E-state index contributed by atoms with van der Waals surface area (Å²) in [5, 5.41) is 0.463. The SMILES string of the molecule is COCCN1C(=O)c2oc3ccccc3c(=O)c2[C@H]1c1cccc(OC)c1. The molecule has 0 saturated heterocycles. The van der Waals surface area contributed by atoms with Crippen molar-refractivity contribution in [1.29, 1.82) is 0 Å². The van der Waals surface area contributed by atoms with Gasteiger partial charge in [0.1, 0.15) is 11.3 Å². The molecular formula is C21H19NO5. The summed E-state index contributed by atoms with van der Waals surface area (Å²) in [5.41, 5.74) is 1.38. The van der Waals surface area contributed by atoms with Crippen LogP contribution in [0.5, 0.6) is 5.75 Å². The Hall–Kier alpha value is -3.12. The van der Waals surface area contributed by atoms with Crippen molar-refractivity contribution in [2.45, 2.75) is 6.04 Å². The maximum absolute atomic E-state index is 13.2. The topological polar surface area (TPSA) is 69.0 Å². The summed E-state index contributed by atoms with van der Waals surface area (Å²) in [6.45, 7) is 0.700. The summed E-state index contributed by atoms with van der Waals surface area (Å²) >= 11 is 0. The van der Waals surface area contributed by atoms with Crippen LogP contribution in [0, 0.1) is 0 Å². The van der Waals surface area contributed by atoms with Gasteiger partial charge in [-0.25, -0.2) is 0 Å². The summed E-state index contributed by atoms with van der Waals surface area (Å²) in [5.74, 6) is 0.450. The van der Waals surface area contributed by atoms with Gasteiger partial charge in [0.05, 0.1) is 30.7 Å². The predicted octanol–water partition coefficient (Wildman–Crippen LogP) is 2.99. The Morgan fingerprint density at radius 1 is 1.07 bits per heavy atom. The molecule has 0 unspecified atom stereocenters. The van der Waals surface area contributed by atoms with E-state index >= 15 is 0 Å². The number of para-hydroxylation sites is 1. The first kappa shape index (κ1) is 17.3. The van der Waals surface area contributed by atoms with Crippen LogP contribution in [0.15, 0.2) is 57.7 Å². The largest absolute Gasteiger partial charge is 0.497 e. The van der Waals surface area contributed by atoms with E-state index in [0.29, 0.717) is 35.4 Å². The Morgan fingerprint density at radius 2 is 1.89 bits per heavy atom. The van der Waals surface area contributed by atoms with Crippen LogP contribution in [0.2, 0.25) is 0 Å². The van der Waals surface area contributed by atoms with Gasteiger partial charge < -0.3 is 18.8 Å². The van der Waals surface area contributed by atoms with Crippen LogP contribution in [0.4, 0.5) is 0 Å². The number of hydrogen-bond donors (Lipinski definition) is 0. The van der Waals surface area contributed by atoms with Crippen LogP contribution in [0.25, 0.3) is 11.0 Å². The van der Waals surface area contributed by atoms with Gasteiger partial charge in [0.25, 0.3) is 5.91 Å². The molecule has 0 bridgehead atoms. The van der Waals surface area contributed by atoms with E-state index in [-0.39, 0.29) is 17.1 Å². The maximum Gasteiger partial charge on any atom is 0.290 e. The Bertz CT molecular complexity index is 1070. The summed E-state index contributed by atoms with van der Waals surface area (Å²) < 4.78 is 16.3. The van der Waals surface area contributed by atoms with Crippen LogP contribution < -0.4 is 10.2 Å². The van der Waals surface area contributed by atoms with Gasteiger partial charge in [-0.1, -0.05) is 24.3 Å². The number of fused-ring (bicyclic) bond motifs is 2. The molecule has 0 radical (unpaired) electrons. The van der Waals surface area contributed by atoms with Gasteiger partial charge >= 0.3 is 0 Å². The normalized spacial score (nSPS) is 16.0. The number of amides is 1. The second-order valence-corrected chi connectivity index (χ2v) is 6.34. The highest BCUT2D eigenvalue weighted by Crippen LogP contribution is 2.38. The van der Waals surface area contributed by atoms with Gasteiger partial charge in [-0.05, 0) is 29.8 Å². The molecule has 0 N–H and O–H groups in total. The van der Waals surface area contributed by atoms with Crippen molar-refractivity contribution >= 4 is 16.9 Å². The number of carbonyl (C=O) groups excluding carboxylic acids is 1. The molecule has 1 amide bonds. The molecule has 2 aromatic carbocycles. The van der Waals surface area contributed by atoms with E-state index in [1.807, 2.05) is 24.3 Å². The first-order chi connectivity index (χ1) is 13.2. The molecule has 0 aliphatic carbocycles. The summed E-state index contributed by atoms with van der Waals surface area (Å²) in [4.78, 5) is 27.9. The van der Waals surface area contributed by atoms with Crippen molar-refractivity contribution in [3.63, 3.8) is 0 Å². The van der Waals surface area contributed by atoms with Gasteiger partial charge in [-0.2, -0.15) is 0 Å². The molecule has 6 nitrogen and oxygen atoms in total. The molecule has 1 aliphatic rings. The Balaban J connectivity index is 1.96. The molecule has 0 saturated carbocycles. The smallest absolute Gasteiger partial charge is 0.290 e. The zero-order valence-electron chi connectivity index (χ0n) is 15.1. The van der Waals surface area contributed by atoms with Gasteiger partial charge in [-0.15, -0.1) is 0 Å². The molecule has 1 aliphatic heterocycles. The first-order valence-electron chi connectivity index (χ1n) is 8.65. The number of benzene rings is 2. The number of carbonyl (C=O) groups is 1. The van der Waals surface area contributed by atoms with Crippen LogP contribution in [0.3, 0.4) is 0 Å². The summed E-state index contributed by atoms with van der Waals surface area (Å²) in [6.07, 6.45) is 0. The second kappa shape index (κ2) is 6.89. The third-order valence-corrected chi connectivity index (χ3v) is 4.82. The highest BCUT2D eigenvalue weighted by atomic mass is 16.5. The van der Waals surface area contributed by atoms with Gasteiger partial charge in [0, 0.05) is 13.7 Å². The lowest BCUT2D eigenvalue weighted by Gasteiger charge is -2.25. The van der Waals surface area contributed by atoms with E-state index in [0.717, 1.165) is 5.56 Å². The van der Waals surface area contributed by atoms with Gasteiger partial charge in [0.15, 0.2) is 5.43 Å². The fraction of sp³-hybridized carbons (Fsp3) is 0.238. The molecule has 4 rings (SSSR count).